The second-order valence-electron chi connectivity index (χ2n) is 7.03. The predicted molar refractivity (Wildman–Crippen MR) is 105 cm³/mol. The van der Waals surface area contributed by atoms with E-state index in [1.165, 1.54) is 5.56 Å². The molecule has 0 spiro atoms. The maximum absolute atomic E-state index is 12.5. The van der Waals surface area contributed by atoms with Gasteiger partial charge in [-0.25, -0.2) is 0 Å². The largest absolute Gasteiger partial charge is 0.352 e. The first kappa shape index (κ1) is 20.4. The van der Waals surface area contributed by atoms with Crippen LogP contribution in [0, 0.1) is 5.92 Å². The van der Waals surface area contributed by atoms with Gasteiger partial charge in [-0.2, -0.15) is 0 Å². The maximum Gasteiger partial charge on any atom is 0.225 e. The highest BCUT2D eigenvalue weighted by Crippen LogP contribution is 2.17. The number of carbonyl (C=O) groups is 2. The summed E-state index contributed by atoms with van der Waals surface area (Å²) < 4.78 is 0. The lowest BCUT2D eigenvalue weighted by molar-refractivity contribution is -0.135. The maximum atomic E-state index is 12.5. The van der Waals surface area contributed by atoms with Crippen LogP contribution < -0.4 is 5.32 Å². The highest BCUT2D eigenvalue weighted by molar-refractivity contribution is 5.81. The monoisotopic (exact) mass is 359 g/mol. The number of nitrogens with one attached hydrogen (secondary N) is 1. The molecule has 0 radical (unpaired) electrons. The van der Waals surface area contributed by atoms with Gasteiger partial charge in [0.2, 0.25) is 11.8 Å². The van der Waals surface area contributed by atoms with Gasteiger partial charge in [-0.1, -0.05) is 45.0 Å². The van der Waals surface area contributed by atoms with Gasteiger partial charge in [0.05, 0.1) is 5.92 Å². The quantitative estimate of drug-likeness (QED) is 0.776. The van der Waals surface area contributed by atoms with Crippen LogP contribution in [0.3, 0.4) is 0 Å². The smallest absolute Gasteiger partial charge is 0.225 e. The topological polar surface area (TPSA) is 52.7 Å². The summed E-state index contributed by atoms with van der Waals surface area (Å²) in [5.74, 6) is 0.123. The van der Waals surface area contributed by atoms with E-state index in [0.717, 1.165) is 44.6 Å². The summed E-state index contributed by atoms with van der Waals surface area (Å²) in [6.45, 7) is 11.2. The minimum absolute atomic E-state index is 0.0609. The molecule has 26 heavy (non-hydrogen) atoms. The van der Waals surface area contributed by atoms with Crippen molar-refractivity contribution in [2.45, 2.75) is 53.1 Å². The molecule has 1 heterocycles. The first-order valence-electron chi connectivity index (χ1n) is 9.93. The Bertz CT molecular complexity index is 581. The number of rotatable bonds is 8. The summed E-state index contributed by atoms with van der Waals surface area (Å²) >= 11 is 0. The third-order valence-corrected chi connectivity index (χ3v) is 5.24. The van der Waals surface area contributed by atoms with E-state index in [1.54, 1.807) is 0 Å². The number of piperidine rings is 1. The van der Waals surface area contributed by atoms with Crippen molar-refractivity contribution >= 4 is 11.8 Å². The SMILES string of the molecule is CCC(=O)N1CCCC(C(=O)NCc2ccc(CN(CC)CC)cc2)C1. The third kappa shape index (κ3) is 5.84. The lowest BCUT2D eigenvalue weighted by atomic mass is 9.96. The highest BCUT2D eigenvalue weighted by Gasteiger charge is 2.27. The summed E-state index contributed by atoms with van der Waals surface area (Å²) in [4.78, 5) is 28.5. The standard InChI is InChI=1S/C21H33N3O2/c1-4-20(25)24-13-7-8-19(16-24)21(26)22-14-17-9-11-18(12-10-17)15-23(5-2)6-3/h9-12,19H,4-8,13-16H2,1-3H3,(H,22,26). The molecule has 0 aliphatic carbocycles. The first-order chi connectivity index (χ1) is 12.6. The molecule has 1 fully saturated rings. The fraction of sp³-hybridized carbons (Fsp3) is 0.619. The summed E-state index contributed by atoms with van der Waals surface area (Å²) in [6, 6.07) is 8.46. The van der Waals surface area contributed by atoms with Crippen LogP contribution in [-0.2, 0) is 22.7 Å². The molecule has 2 rings (SSSR count). The van der Waals surface area contributed by atoms with E-state index in [9.17, 15) is 9.59 Å². The van der Waals surface area contributed by atoms with Crippen LogP contribution in [0.4, 0.5) is 0 Å². The molecule has 0 saturated carbocycles. The molecule has 1 atom stereocenters. The van der Waals surface area contributed by atoms with Gasteiger partial charge in [-0.05, 0) is 37.1 Å². The van der Waals surface area contributed by atoms with Crippen molar-refractivity contribution in [3.05, 3.63) is 35.4 Å². The van der Waals surface area contributed by atoms with E-state index in [2.05, 4.69) is 48.3 Å². The number of nitrogens with zero attached hydrogens (tertiary/aromatic N) is 2. The summed E-state index contributed by atoms with van der Waals surface area (Å²) in [6.07, 6.45) is 2.28. The zero-order valence-electron chi connectivity index (χ0n) is 16.5. The van der Waals surface area contributed by atoms with Crippen LogP contribution in [0.1, 0.15) is 51.2 Å². The molecule has 2 amide bonds. The van der Waals surface area contributed by atoms with E-state index in [1.807, 2.05) is 11.8 Å². The average molecular weight is 360 g/mol. The Labute approximate surface area is 157 Å². The van der Waals surface area contributed by atoms with E-state index < -0.39 is 0 Å². The zero-order valence-corrected chi connectivity index (χ0v) is 16.5. The number of carbonyl (C=O) groups excluding carboxylic acids is 2. The molecule has 1 saturated heterocycles. The van der Waals surface area contributed by atoms with Crippen LogP contribution in [0.2, 0.25) is 0 Å². The van der Waals surface area contributed by atoms with Crippen molar-refractivity contribution in [3.63, 3.8) is 0 Å². The zero-order chi connectivity index (χ0) is 18.9. The molecular weight excluding hydrogens is 326 g/mol. The van der Waals surface area contributed by atoms with E-state index in [0.29, 0.717) is 19.5 Å². The van der Waals surface area contributed by atoms with Crippen molar-refractivity contribution in [3.8, 4) is 0 Å². The molecule has 5 nitrogen and oxygen atoms in total. The van der Waals surface area contributed by atoms with Gasteiger partial charge >= 0.3 is 0 Å². The Hall–Kier alpha value is -1.88. The second kappa shape index (κ2) is 10.3. The van der Waals surface area contributed by atoms with Gasteiger partial charge in [0.25, 0.3) is 0 Å². The van der Waals surface area contributed by atoms with Gasteiger partial charge < -0.3 is 10.2 Å². The Balaban J connectivity index is 1.82. The molecule has 0 aromatic heterocycles. The Kier molecular flexibility index (Phi) is 8.10. The Morgan fingerprint density at radius 3 is 2.38 bits per heavy atom. The molecule has 1 aromatic carbocycles. The molecule has 5 heteroatoms. The Morgan fingerprint density at radius 1 is 1.12 bits per heavy atom. The van der Waals surface area contributed by atoms with Gasteiger partial charge in [0.1, 0.15) is 0 Å². The van der Waals surface area contributed by atoms with Crippen molar-refractivity contribution in [1.82, 2.24) is 15.1 Å². The lowest BCUT2D eigenvalue weighted by Gasteiger charge is -2.31. The first-order valence-corrected chi connectivity index (χ1v) is 9.93. The molecule has 0 bridgehead atoms. The number of likely N-dealkylation sites (tertiary alicyclic amines) is 1. The molecule has 144 valence electrons. The van der Waals surface area contributed by atoms with Crippen molar-refractivity contribution < 1.29 is 9.59 Å². The van der Waals surface area contributed by atoms with Gasteiger partial charge in [-0.15, -0.1) is 0 Å². The van der Waals surface area contributed by atoms with Crippen LogP contribution in [0.15, 0.2) is 24.3 Å². The van der Waals surface area contributed by atoms with Crippen LogP contribution >= 0.6 is 0 Å². The van der Waals surface area contributed by atoms with Crippen LogP contribution in [0.25, 0.3) is 0 Å². The highest BCUT2D eigenvalue weighted by atomic mass is 16.2. The molecule has 1 aliphatic heterocycles. The molecule has 1 aromatic rings. The summed E-state index contributed by atoms with van der Waals surface area (Å²) in [5.41, 5.74) is 2.41. The predicted octanol–water partition coefficient (Wildman–Crippen LogP) is 2.79. The van der Waals surface area contributed by atoms with Gasteiger partial charge in [0, 0.05) is 32.6 Å². The minimum Gasteiger partial charge on any atom is -0.352 e. The number of amides is 2. The van der Waals surface area contributed by atoms with Gasteiger partial charge in [0.15, 0.2) is 0 Å². The molecule has 1 N–H and O–H groups in total. The third-order valence-electron chi connectivity index (χ3n) is 5.24. The van der Waals surface area contributed by atoms with Crippen molar-refractivity contribution in [2.24, 2.45) is 5.92 Å². The van der Waals surface area contributed by atoms with E-state index in [-0.39, 0.29) is 17.7 Å². The van der Waals surface area contributed by atoms with Crippen LogP contribution in [-0.4, -0.2) is 47.8 Å². The van der Waals surface area contributed by atoms with E-state index >= 15 is 0 Å². The number of hydrogen-bond acceptors (Lipinski definition) is 3. The van der Waals surface area contributed by atoms with Crippen LogP contribution in [0.5, 0.6) is 0 Å². The second-order valence-corrected chi connectivity index (χ2v) is 7.03. The lowest BCUT2D eigenvalue weighted by Crippen LogP contribution is -2.45. The van der Waals surface area contributed by atoms with Crippen molar-refractivity contribution in [1.29, 1.82) is 0 Å². The van der Waals surface area contributed by atoms with E-state index in [4.69, 9.17) is 0 Å². The van der Waals surface area contributed by atoms with Crippen molar-refractivity contribution in [2.75, 3.05) is 26.2 Å². The normalized spacial score (nSPS) is 17.4. The fourth-order valence-electron chi connectivity index (χ4n) is 3.44. The molecule has 1 unspecified atom stereocenters. The Morgan fingerprint density at radius 2 is 1.77 bits per heavy atom. The number of hydrogen-bond donors (Lipinski definition) is 1. The summed E-state index contributed by atoms with van der Waals surface area (Å²) in [5, 5.41) is 3.04. The minimum atomic E-state index is -0.0822. The number of benzene rings is 1. The van der Waals surface area contributed by atoms with Gasteiger partial charge in [-0.3, -0.25) is 14.5 Å². The summed E-state index contributed by atoms with van der Waals surface area (Å²) in [7, 11) is 0. The average Bonchev–Trinajstić information content (AvgIpc) is 2.70. The molecule has 1 aliphatic rings. The fourth-order valence-corrected chi connectivity index (χ4v) is 3.44. The molecular formula is C21H33N3O2.